The Balaban J connectivity index is 1.68. The number of imide groups is 1. The molecule has 1 aliphatic rings. The standard InChI is InChI=1S/C24H18F3NO3/c25-24(26,27)17-10-12-18(13-11-17)31-21(16-6-2-1-3-7-16)14-15-28-22(29)19-8-4-5-9-20(19)23(28)30/h1-13,21H,14-15H2/t21-/m0/s1/i1D,2D,3D,6D,7D. The van der Waals surface area contributed by atoms with Crippen LogP contribution in [0.4, 0.5) is 13.2 Å². The number of carbonyl (C=O) groups is 2. The van der Waals surface area contributed by atoms with E-state index < -0.39 is 59.9 Å². The predicted molar refractivity (Wildman–Crippen MR) is 108 cm³/mol. The first-order valence-corrected chi connectivity index (χ1v) is 9.27. The van der Waals surface area contributed by atoms with Crippen molar-refractivity contribution in [3.63, 3.8) is 0 Å². The summed E-state index contributed by atoms with van der Waals surface area (Å²) in [6, 6.07) is 6.93. The van der Waals surface area contributed by atoms with Gasteiger partial charge in [0.25, 0.3) is 11.8 Å². The van der Waals surface area contributed by atoms with Crippen molar-refractivity contribution < 1.29 is 34.4 Å². The Hall–Kier alpha value is -3.61. The number of nitrogens with zero attached hydrogens (tertiary/aromatic N) is 1. The third kappa shape index (κ3) is 4.30. The van der Waals surface area contributed by atoms with Gasteiger partial charge in [-0.3, -0.25) is 14.5 Å². The molecule has 0 spiro atoms. The number of hydrogen-bond donors (Lipinski definition) is 0. The number of benzene rings is 3. The van der Waals surface area contributed by atoms with E-state index in [0.717, 1.165) is 29.2 Å². The second-order valence-electron chi connectivity index (χ2n) is 6.76. The van der Waals surface area contributed by atoms with E-state index in [4.69, 9.17) is 11.6 Å². The zero-order chi connectivity index (χ0) is 26.4. The fourth-order valence-electron chi connectivity index (χ4n) is 3.26. The molecule has 7 heteroatoms. The van der Waals surface area contributed by atoms with Crippen molar-refractivity contribution in [2.75, 3.05) is 6.54 Å². The van der Waals surface area contributed by atoms with Crippen molar-refractivity contribution >= 4 is 11.8 Å². The summed E-state index contributed by atoms with van der Waals surface area (Å²) in [5.74, 6) is -1.16. The van der Waals surface area contributed by atoms with Crippen LogP contribution >= 0.6 is 0 Å². The zero-order valence-electron chi connectivity index (χ0n) is 20.9. The third-order valence-electron chi connectivity index (χ3n) is 4.79. The van der Waals surface area contributed by atoms with Crippen molar-refractivity contribution in [2.24, 2.45) is 0 Å². The first-order chi connectivity index (χ1) is 16.9. The van der Waals surface area contributed by atoms with Crippen LogP contribution in [0.1, 0.15) is 51.2 Å². The lowest BCUT2D eigenvalue weighted by atomic mass is 10.1. The van der Waals surface area contributed by atoms with Gasteiger partial charge in [-0.2, -0.15) is 13.2 Å². The summed E-state index contributed by atoms with van der Waals surface area (Å²) >= 11 is 0. The van der Waals surface area contributed by atoms with Gasteiger partial charge in [0.2, 0.25) is 0 Å². The quantitative estimate of drug-likeness (QED) is 0.485. The molecule has 0 fully saturated rings. The van der Waals surface area contributed by atoms with E-state index in [1.807, 2.05) is 0 Å². The van der Waals surface area contributed by atoms with Crippen molar-refractivity contribution in [2.45, 2.75) is 18.7 Å². The number of halogens is 3. The molecule has 4 nitrogen and oxygen atoms in total. The maximum absolute atomic E-state index is 12.9. The second kappa shape index (κ2) is 8.26. The highest BCUT2D eigenvalue weighted by Crippen LogP contribution is 2.32. The summed E-state index contributed by atoms with van der Waals surface area (Å²) in [6.07, 6.45) is -6.03. The topological polar surface area (TPSA) is 46.6 Å². The molecule has 0 unspecified atom stereocenters. The third-order valence-corrected chi connectivity index (χ3v) is 4.79. The molecule has 0 aliphatic carbocycles. The number of hydrogen-bond acceptors (Lipinski definition) is 3. The van der Waals surface area contributed by atoms with Gasteiger partial charge in [0.05, 0.1) is 23.5 Å². The lowest BCUT2D eigenvalue weighted by molar-refractivity contribution is -0.137. The summed E-state index contributed by atoms with van der Waals surface area (Å²) < 4.78 is 84.9. The first kappa shape index (κ1) is 15.2. The molecule has 1 heterocycles. The van der Waals surface area contributed by atoms with E-state index in [9.17, 15) is 22.8 Å². The fraction of sp³-hybridized carbons (Fsp3) is 0.167. The molecular formula is C24H18F3NO3. The number of amides is 2. The van der Waals surface area contributed by atoms with Crippen LogP contribution in [0.25, 0.3) is 0 Å². The van der Waals surface area contributed by atoms with Gasteiger partial charge in [-0.05, 0) is 42.0 Å². The van der Waals surface area contributed by atoms with Crippen LogP contribution in [-0.4, -0.2) is 23.3 Å². The van der Waals surface area contributed by atoms with Crippen LogP contribution in [-0.2, 0) is 6.18 Å². The number of alkyl halides is 3. The largest absolute Gasteiger partial charge is 0.486 e. The van der Waals surface area contributed by atoms with E-state index in [0.29, 0.717) is 0 Å². The monoisotopic (exact) mass is 430 g/mol. The maximum Gasteiger partial charge on any atom is 0.416 e. The van der Waals surface area contributed by atoms with E-state index in [2.05, 4.69) is 0 Å². The van der Waals surface area contributed by atoms with Gasteiger partial charge in [0.15, 0.2) is 0 Å². The molecule has 3 aromatic carbocycles. The highest BCUT2D eigenvalue weighted by atomic mass is 19.4. The summed E-state index contributed by atoms with van der Waals surface area (Å²) in [7, 11) is 0. The maximum atomic E-state index is 12.9. The number of rotatable bonds is 6. The Morgan fingerprint density at radius 1 is 0.903 bits per heavy atom. The van der Waals surface area contributed by atoms with Crippen molar-refractivity contribution in [3.8, 4) is 5.75 Å². The smallest absolute Gasteiger partial charge is 0.416 e. The van der Waals surface area contributed by atoms with Crippen molar-refractivity contribution in [1.29, 1.82) is 0 Å². The minimum Gasteiger partial charge on any atom is -0.486 e. The van der Waals surface area contributed by atoms with Crippen LogP contribution in [0, 0.1) is 0 Å². The molecule has 2 amide bonds. The molecule has 0 bridgehead atoms. The predicted octanol–water partition coefficient (Wildman–Crippen LogP) is 5.51. The molecule has 4 rings (SSSR count). The number of ether oxygens (including phenoxy) is 1. The first-order valence-electron chi connectivity index (χ1n) is 11.8. The summed E-state index contributed by atoms with van der Waals surface area (Å²) in [5, 5.41) is 0. The van der Waals surface area contributed by atoms with Crippen molar-refractivity contribution in [3.05, 3.63) is 101 Å². The van der Waals surface area contributed by atoms with Gasteiger partial charge in [-0.25, -0.2) is 0 Å². The van der Waals surface area contributed by atoms with Crippen LogP contribution < -0.4 is 4.74 Å². The Morgan fingerprint density at radius 3 is 2.03 bits per heavy atom. The van der Waals surface area contributed by atoms with E-state index in [1.165, 1.54) is 12.1 Å². The fourth-order valence-corrected chi connectivity index (χ4v) is 3.26. The van der Waals surface area contributed by atoms with Crippen LogP contribution in [0.15, 0.2) is 78.7 Å². The highest BCUT2D eigenvalue weighted by Gasteiger charge is 2.35. The van der Waals surface area contributed by atoms with Crippen molar-refractivity contribution in [1.82, 2.24) is 4.90 Å². The minimum absolute atomic E-state index is 0.0535. The zero-order valence-corrected chi connectivity index (χ0v) is 15.9. The molecule has 31 heavy (non-hydrogen) atoms. The molecule has 0 N–H and O–H groups in total. The van der Waals surface area contributed by atoms with E-state index in [-0.39, 0.29) is 35.4 Å². The average molecular weight is 430 g/mol. The Labute approximate surface area is 183 Å². The number of carbonyl (C=O) groups excluding carboxylic acids is 2. The van der Waals surface area contributed by atoms with Gasteiger partial charge >= 0.3 is 6.18 Å². The lowest BCUT2D eigenvalue weighted by Gasteiger charge is -2.22. The van der Waals surface area contributed by atoms with Gasteiger partial charge in [-0.15, -0.1) is 0 Å². The van der Waals surface area contributed by atoms with Gasteiger partial charge in [0, 0.05) is 13.0 Å². The van der Waals surface area contributed by atoms with Gasteiger partial charge in [0.1, 0.15) is 11.9 Å². The molecule has 3 aromatic rings. The Kier molecular flexibility index (Phi) is 4.06. The molecule has 0 saturated carbocycles. The normalized spacial score (nSPS) is 16.7. The molecule has 0 saturated heterocycles. The summed E-state index contributed by atoms with van der Waals surface area (Å²) in [6.45, 7) is -0.222. The number of fused-ring (bicyclic) bond motifs is 1. The molecule has 158 valence electrons. The lowest BCUT2D eigenvalue weighted by Crippen LogP contribution is -2.32. The van der Waals surface area contributed by atoms with E-state index in [1.54, 1.807) is 12.1 Å². The molecular weight excluding hydrogens is 407 g/mol. The van der Waals surface area contributed by atoms with Crippen LogP contribution in [0.5, 0.6) is 5.75 Å². The molecule has 0 radical (unpaired) electrons. The summed E-state index contributed by atoms with van der Waals surface area (Å²) in [5.41, 5.74) is -0.728. The molecule has 0 aromatic heterocycles. The molecule has 1 aliphatic heterocycles. The second-order valence-corrected chi connectivity index (χ2v) is 6.76. The SMILES string of the molecule is [2H]c1c([2H])c([2H])c([C@H](CCN2C(=O)c3ccccc3C2=O)Oc2ccc(C(F)(F)F)cc2)c([2H])c1[2H]. The Morgan fingerprint density at radius 2 is 1.48 bits per heavy atom. The van der Waals surface area contributed by atoms with Gasteiger partial charge in [-0.1, -0.05) is 42.3 Å². The average Bonchev–Trinajstić information content (AvgIpc) is 3.09. The van der Waals surface area contributed by atoms with Gasteiger partial charge < -0.3 is 4.74 Å². The van der Waals surface area contributed by atoms with Crippen LogP contribution in [0.3, 0.4) is 0 Å². The molecule has 1 atom stereocenters. The Bertz CT molecular complexity index is 1300. The van der Waals surface area contributed by atoms with E-state index >= 15 is 0 Å². The minimum atomic E-state index is -4.57. The highest BCUT2D eigenvalue weighted by molar-refractivity contribution is 6.21. The summed E-state index contributed by atoms with van der Waals surface area (Å²) in [4.78, 5) is 26.4. The van der Waals surface area contributed by atoms with Crippen LogP contribution in [0.2, 0.25) is 0 Å².